The zero-order chi connectivity index (χ0) is 12.0. The molecule has 0 aromatic heterocycles. The van der Waals surface area contributed by atoms with Gasteiger partial charge in [0, 0.05) is 0 Å². The van der Waals surface area contributed by atoms with Crippen LogP contribution in [0, 0.1) is 0 Å². The fourth-order valence-corrected chi connectivity index (χ4v) is 2.70. The van der Waals surface area contributed by atoms with Gasteiger partial charge in [-0.3, -0.25) is 0 Å². The van der Waals surface area contributed by atoms with Gasteiger partial charge in [-0.15, -0.1) is 0 Å². The molecule has 0 bridgehead atoms. The van der Waals surface area contributed by atoms with Crippen LogP contribution in [0.15, 0.2) is 30.3 Å². The van der Waals surface area contributed by atoms with Gasteiger partial charge in [-0.25, -0.2) is 8.42 Å². The molecular formula is C10H11N2NaO3S. The van der Waals surface area contributed by atoms with Crippen LogP contribution in [0.25, 0.3) is 6.08 Å². The molecule has 2 rings (SSSR count). The van der Waals surface area contributed by atoms with Crippen LogP contribution in [-0.2, 0) is 15.0 Å². The first-order chi connectivity index (χ1) is 7.37. The predicted octanol–water partition coefficient (Wildman–Crippen LogP) is -3.30. The third-order valence-electron chi connectivity index (χ3n) is 2.77. The molecule has 0 saturated carbocycles. The van der Waals surface area contributed by atoms with E-state index in [1.807, 2.05) is 0 Å². The van der Waals surface area contributed by atoms with E-state index >= 15 is 0 Å². The van der Waals surface area contributed by atoms with E-state index in [4.69, 9.17) is 11.5 Å². The number of benzene rings is 1. The van der Waals surface area contributed by atoms with Gasteiger partial charge in [0.15, 0.2) is 4.87 Å². The minimum atomic E-state index is -4.74. The summed E-state index contributed by atoms with van der Waals surface area (Å²) in [6, 6.07) is 5.51. The smallest absolute Gasteiger partial charge is 0.746 e. The third kappa shape index (κ3) is 2.22. The van der Waals surface area contributed by atoms with Gasteiger partial charge in [-0.05, 0) is 11.1 Å². The molecule has 86 valence electrons. The molecule has 4 N–H and O–H groups in total. The molecule has 2 atom stereocenters. The van der Waals surface area contributed by atoms with Gasteiger partial charge < -0.3 is 16.0 Å². The number of nitrogens with two attached hydrogens (primary N) is 2. The number of hydrogen-bond acceptors (Lipinski definition) is 5. The van der Waals surface area contributed by atoms with Crippen molar-refractivity contribution in [3.63, 3.8) is 0 Å². The van der Waals surface area contributed by atoms with Gasteiger partial charge in [-0.2, -0.15) is 0 Å². The summed E-state index contributed by atoms with van der Waals surface area (Å²) >= 11 is 0. The molecule has 1 aromatic rings. The molecule has 7 heteroatoms. The van der Waals surface area contributed by atoms with Crippen molar-refractivity contribution in [1.29, 1.82) is 0 Å². The Morgan fingerprint density at radius 3 is 2.47 bits per heavy atom. The molecule has 2 unspecified atom stereocenters. The van der Waals surface area contributed by atoms with E-state index in [0.29, 0.717) is 5.56 Å². The van der Waals surface area contributed by atoms with Crippen LogP contribution in [0.3, 0.4) is 0 Å². The van der Waals surface area contributed by atoms with Gasteiger partial charge in [-0.1, -0.05) is 36.4 Å². The van der Waals surface area contributed by atoms with Crippen molar-refractivity contribution < 1.29 is 42.5 Å². The second kappa shape index (κ2) is 4.81. The Morgan fingerprint density at radius 2 is 1.88 bits per heavy atom. The second-order valence-corrected chi connectivity index (χ2v) is 5.30. The first-order valence-corrected chi connectivity index (χ1v) is 6.06. The molecule has 0 amide bonds. The molecule has 1 aliphatic carbocycles. The Bertz CT molecular complexity index is 558. The molecular weight excluding hydrogens is 251 g/mol. The molecule has 0 saturated heterocycles. The predicted molar refractivity (Wildman–Crippen MR) is 59.0 cm³/mol. The van der Waals surface area contributed by atoms with Crippen LogP contribution >= 0.6 is 0 Å². The minimum absolute atomic E-state index is 0. The quantitative estimate of drug-likeness (QED) is 0.407. The van der Waals surface area contributed by atoms with Crippen LogP contribution in [0.4, 0.5) is 0 Å². The maximum absolute atomic E-state index is 11.3. The molecule has 0 radical (unpaired) electrons. The Morgan fingerprint density at radius 1 is 1.29 bits per heavy atom. The average molecular weight is 262 g/mol. The topological polar surface area (TPSA) is 109 Å². The molecule has 0 aliphatic heterocycles. The van der Waals surface area contributed by atoms with Crippen molar-refractivity contribution >= 4 is 16.2 Å². The summed E-state index contributed by atoms with van der Waals surface area (Å²) in [5.41, 5.74) is 12.2. The first-order valence-electron chi connectivity index (χ1n) is 4.65. The van der Waals surface area contributed by atoms with E-state index in [-0.39, 0.29) is 35.1 Å². The Balaban J connectivity index is 0.00000144. The Labute approximate surface area is 122 Å². The van der Waals surface area contributed by atoms with Gasteiger partial charge in [0.1, 0.15) is 10.1 Å². The fourth-order valence-electron chi connectivity index (χ4n) is 1.83. The van der Waals surface area contributed by atoms with Crippen LogP contribution in [-0.4, -0.2) is 19.0 Å². The Kier molecular flexibility index (Phi) is 4.20. The van der Waals surface area contributed by atoms with Crippen LogP contribution in [0.2, 0.25) is 0 Å². The van der Waals surface area contributed by atoms with E-state index in [1.54, 1.807) is 24.3 Å². The summed E-state index contributed by atoms with van der Waals surface area (Å²) in [5.74, 6) is 0. The van der Waals surface area contributed by atoms with Crippen molar-refractivity contribution in [3.8, 4) is 0 Å². The molecule has 17 heavy (non-hydrogen) atoms. The van der Waals surface area contributed by atoms with Crippen molar-refractivity contribution in [3.05, 3.63) is 41.5 Å². The van der Waals surface area contributed by atoms with Crippen molar-refractivity contribution in [2.75, 3.05) is 0 Å². The standard InChI is InChI=1S/C10H12N2O3S.Na/c11-9-6-5-7-3-1-2-4-8(7)10(9,12)16(13,14)15;/h1-6,9H,11-12H2,(H,13,14,15);/q;+1/p-1. The zero-order valence-corrected chi connectivity index (χ0v) is 12.1. The van der Waals surface area contributed by atoms with Crippen LogP contribution < -0.4 is 41.0 Å². The van der Waals surface area contributed by atoms with Gasteiger partial charge >= 0.3 is 29.6 Å². The fraction of sp³-hybridized carbons (Fsp3) is 0.200. The first kappa shape index (κ1) is 14.8. The van der Waals surface area contributed by atoms with Crippen molar-refractivity contribution in [2.24, 2.45) is 11.5 Å². The van der Waals surface area contributed by atoms with E-state index in [9.17, 15) is 13.0 Å². The van der Waals surface area contributed by atoms with Gasteiger partial charge in [0.2, 0.25) is 0 Å². The van der Waals surface area contributed by atoms with Crippen LogP contribution in [0.5, 0.6) is 0 Å². The second-order valence-electron chi connectivity index (χ2n) is 3.72. The summed E-state index contributed by atoms with van der Waals surface area (Å²) in [4.78, 5) is -2.08. The van der Waals surface area contributed by atoms with E-state index in [1.165, 1.54) is 12.1 Å². The molecule has 0 fully saturated rings. The van der Waals surface area contributed by atoms with Gasteiger partial charge in [0.05, 0.1) is 6.04 Å². The summed E-state index contributed by atoms with van der Waals surface area (Å²) in [5, 5.41) is 0. The summed E-state index contributed by atoms with van der Waals surface area (Å²) < 4.78 is 33.9. The summed E-state index contributed by atoms with van der Waals surface area (Å²) in [6.45, 7) is 0. The maximum Gasteiger partial charge on any atom is 1.00 e. The minimum Gasteiger partial charge on any atom is -0.746 e. The molecule has 1 aliphatic rings. The van der Waals surface area contributed by atoms with E-state index < -0.39 is 21.0 Å². The van der Waals surface area contributed by atoms with Crippen molar-refractivity contribution in [2.45, 2.75) is 10.9 Å². The van der Waals surface area contributed by atoms with Crippen molar-refractivity contribution in [1.82, 2.24) is 0 Å². The van der Waals surface area contributed by atoms with E-state index in [2.05, 4.69) is 0 Å². The number of rotatable bonds is 1. The molecule has 0 spiro atoms. The summed E-state index contributed by atoms with van der Waals surface area (Å²) in [7, 11) is -4.74. The maximum atomic E-state index is 11.3. The molecule has 5 nitrogen and oxygen atoms in total. The monoisotopic (exact) mass is 262 g/mol. The molecule has 0 heterocycles. The van der Waals surface area contributed by atoms with Gasteiger partial charge in [0.25, 0.3) is 0 Å². The van der Waals surface area contributed by atoms with Crippen LogP contribution in [0.1, 0.15) is 11.1 Å². The largest absolute Gasteiger partial charge is 1.00 e. The normalized spacial score (nSPS) is 27.1. The number of fused-ring (bicyclic) bond motifs is 1. The average Bonchev–Trinajstić information content (AvgIpc) is 2.22. The molecule has 1 aromatic carbocycles. The zero-order valence-electron chi connectivity index (χ0n) is 9.33. The number of hydrogen-bond donors (Lipinski definition) is 2. The Hall–Kier alpha value is -0.210. The SMILES string of the molecule is NC1C=Cc2ccccc2C1(N)S(=O)(=O)[O-].[Na+]. The summed E-state index contributed by atoms with van der Waals surface area (Å²) in [6.07, 6.45) is 3.09. The third-order valence-corrected chi connectivity index (χ3v) is 4.09. The van der Waals surface area contributed by atoms with E-state index in [0.717, 1.165) is 0 Å².